The molecule has 0 aliphatic rings. The van der Waals surface area contributed by atoms with Gasteiger partial charge in [-0.05, 0) is 35.9 Å². The third-order valence-electron chi connectivity index (χ3n) is 3.37. The fourth-order valence-electron chi connectivity index (χ4n) is 2.06. The average Bonchev–Trinajstić information content (AvgIpc) is 2.99. The van der Waals surface area contributed by atoms with Gasteiger partial charge >= 0.3 is 5.97 Å². The van der Waals surface area contributed by atoms with Crippen molar-refractivity contribution in [3.63, 3.8) is 0 Å². The van der Waals surface area contributed by atoms with Crippen molar-refractivity contribution in [2.24, 2.45) is 5.92 Å². The second-order valence-electron chi connectivity index (χ2n) is 4.89. The largest absolute Gasteiger partial charge is 0.481 e. The maximum absolute atomic E-state index is 11.9. The lowest BCUT2D eigenvalue weighted by molar-refractivity contribution is -0.141. The van der Waals surface area contributed by atoms with Crippen molar-refractivity contribution >= 4 is 23.2 Å². The number of carbonyl (C=O) groups is 2. The van der Waals surface area contributed by atoms with Crippen molar-refractivity contribution in [3.05, 3.63) is 57.8 Å². The normalized spacial score (nSPS) is 11.9. The predicted octanol–water partition coefficient (Wildman–Crippen LogP) is 2.73. The van der Waals surface area contributed by atoms with Crippen molar-refractivity contribution in [1.82, 2.24) is 5.32 Å². The summed E-state index contributed by atoms with van der Waals surface area (Å²) in [6.07, 6.45) is 0.409. The van der Waals surface area contributed by atoms with E-state index < -0.39 is 11.9 Å². The summed E-state index contributed by atoms with van der Waals surface area (Å²) in [6, 6.07) is 9.42. The highest BCUT2D eigenvalue weighted by atomic mass is 32.1. The van der Waals surface area contributed by atoms with Gasteiger partial charge in [0.25, 0.3) is 5.91 Å². The van der Waals surface area contributed by atoms with Crippen molar-refractivity contribution in [3.8, 4) is 0 Å². The monoisotopic (exact) mass is 303 g/mol. The van der Waals surface area contributed by atoms with Crippen LogP contribution in [0.3, 0.4) is 0 Å². The van der Waals surface area contributed by atoms with E-state index in [0.29, 0.717) is 12.0 Å². The Morgan fingerprint density at radius 2 is 2.05 bits per heavy atom. The molecule has 4 nitrogen and oxygen atoms in total. The van der Waals surface area contributed by atoms with E-state index in [1.165, 1.54) is 11.3 Å². The molecule has 1 heterocycles. The minimum Gasteiger partial charge on any atom is -0.481 e. The number of carbonyl (C=O) groups excluding carboxylic acids is 1. The Labute approximate surface area is 127 Å². The Hall–Kier alpha value is -2.14. The summed E-state index contributed by atoms with van der Waals surface area (Å²) in [5, 5.41) is 15.6. The van der Waals surface area contributed by atoms with Gasteiger partial charge in [0.1, 0.15) is 0 Å². The highest BCUT2D eigenvalue weighted by molar-refractivity contribution is 7.08. The van der Waals surface area contributed by atoms with E-state index in [0.717, 1.165) is 11.1 Å². The zero-order valence-electron chi connectivity index (χ0n) is 11.7. The smallest absolute Gasteiger partial charge is 0.308 e. The summed E-state index contributed by atoms with van der Waals surface area (Å²) in [7, 11) is 0. The standard InChI is InChI=1S/C16H17NO3S/c1-11-4-2-3-5-12(11)8-14(16(19)20)9-17-15(18)13-6-7-21-10-13/h2-7,10,14H,8-9H2,1H3,(H,17,18)(H,19,20)/t14-/m0/s1. The van der Waals surface area contributed by atoms with Gasteiger partial charge in [0.2, 0.25) is 0 Å². The summed E-state index contributed by atoms with van der Waals surface area (Å²) in [4.78, 5) is 23.2. The molecule has 21 heavy (non-hydrogen) atoms. The molecule has 2 rings (SSSR count). The number of carboxylic acid groups (broad SMARTS) is 1. The van der Waals surface area contributed by atoms with E-state index in [1.54, 1.807) is 11.4 Å². The van der Waals surface area contributed by atoms with Gasteiger partial charge in [0.05, 0.1) is 5.92 Å². The molecule has 2 N–H and O–H groups in total. The quantitative estimate of drug-likeness (QED) is 0.862. The minimum absolute atomic E-state index is 0.123. The molecule has 1 aromatic heterocycles. The van der Waals surface area contributed by atoms with Gasteiger partial charge < -0.3 is 10.4 Å². The molecule has 0 aliphatic heterocycles. The predicted molar refractivity (Wildman–Crippen MR) is 82.7 cm³/mol. The van der Waals surface area contributed by atoms with E-state index >= 15 is 0 Å². The Morgan fingerprint density at radius 3 is 2.67 bits per heavy atom. The van der Waals surface area contributed by atoms with Gasteiger partial charge in [0, 0.05) is 17.5 Å². The SMILES string of the molecule is Cc1ccccc1C[C@@H](CNC(=O)c1ccsc1)C(=O)O. The number of amides is 1. The van der Waals surface area contributed by atoms with Crippen LogP contribution in [0.2, 0.25) is 0 Å². The van der Waals surface area contributed by atoms with Crippen molar-refractivity contribution in [2.45, 2.75) is 13.3 Å². The average molecular weight is 303 g/mol. The lowest BCUT2D eigenvalue weighted by Gasteiger charge is -2.14. The minimum atomic E-state index is -0.899. The Kier molecular flexibility index (Phi) is 5.11. The topological polar surface area (TPSA) is 66.4 Å². The number of thiophene rings is 1. The van der Waals surface area contributed by atoms with Crippen LogP contribution in [0.4, 0.5) is 0 Å². The van der Waals surface area contributed by atoms with Crippen molar-refractivity contribution in [1.29, 1.82) is 0 Å². The van der Waals surface area contributed by atoms with Crippen LogP contribution in [-0.4, -0.2) is 23.5 Å². The number of rotatable bonds is 6. The first-order valence-corrected chi connectivity index (χ1v) is 7.60. The van der Waals surface area contributed by atoms with Crippen LogP contribution in [0.1, 0.15) is 21.5 Å². The zero-order chi connectivity index (χ0) is 15.2. The second-order valence-corrected chi connectivity index (χ2v) is 5.67. The van der Waals surface area contributed by atoms with Gasteiger partial charge in [-0.3, -0.25) is 9.59 Å². The molecule has 1 atom stereocenters. The van der Waals surface area contributed by atoms with Crippen LogP contribution in [-0.2, 0) is 11.2 Å². The molecule has 1 aromatic carbocycles. The van der Waals surface area contributed by atoms with Crippen LogP contribution in [0, 0.1) is 12.8 Å². The van der Waals surface area contributed by atoms with E-state index in [-0.39, 0.29) is 12.5 Å². The Bertz CT molecular complexity index is 622. The van der Waals surface area contributed by atoms with Gasteiger partial charge in [-0.25, -0.2) is 0 Å². The first-order valence-electron chi connectivity index (χ1n) is 6.65. The molecule has 0 fully saturated rings. The van der Waals surface area contributed by atoms with Crippen LogP contribution in [0.15, 0.2) is 41.1 Å². The van der Waals surface area contributed by atoms with E-state index in [1.807, 2.05) is 36.6 Å². The zero-order valence-corrected chi connectivity index (χ0v) is 12.5. The molecule has 0 radical (unpaired) electrons. The summed E-state index contributed by atoms with van der Waals surface area (Å²) in [5.74, 6) is -1.76. The lowest BCUT2D eigenvalue weighted by atomic mass is 9.96. The summed E-state index contributed by atoms with van der Waals surface area (Å²) < 4.78 is 0. The number of hydrogen-bond acceptors (Lipinski definition) is 3. The molecule has 2 aromatic rings. The lowest BCUT2D eigenvalue weighted by Crippen LogP contribution is -2.34. The second kappa shape index (κ2) is 7.04. The summed E-state index contributed by atoms with van der Waals surface area (Å²) in [6.45, 7) is 2.08. The molecule has 0 saturated carbocycles. The van der Waals surface area contributed by atoms with E-state index in [4.69, 9.17) is 0 Å². The summed E-state index contributed by atoms with van der Waals surface area (Å²) >= 11 is 1.44. The molecule has 1 amide bonds. The van der Waals surface area contributed by atoms with Gasteiger partial charge in [0.15, 0.2) is 0 Å². The van der Waals surface area contributed by atoms with Crippen molar-refractivity contribution in [2.75, 3.05) is 6.54 Å². The maximum Gasteiger partial charge on any atom is 0.308 e. The van der Waals surface area contributed by atoms with Gasteiger partial charge in [-0.2, -0.15) is 11.3 Å². The Morgan fingerprint density at radius 1 is 1.29 bits per heavy atom. The maximum atomic E-state index is 11.9. The highest BCUT2D eigenvalue weighted by Gasteiger charge is 2.20. The molecular formula is C16H17NO3S. The molecule has 0 saturated heterocycles. The number of hydrogen-bond donors (Lipinski definition) is 2. The third kappa shape index (κ3) is 4.16. The molecule has 0 unspecified atom stereocenters. The molecule has 110 valence electrons. The van der Waals surface area contributed by atoms with Gasteiger partial charge in [-0.15, -0.1) is 0 Å². The van der Waals surface area contributed by atoms with Crippen LogP contribution >= 0.6 is 11.3 Å². The summed E-state index contributed by atoms with van der Waals surface area (Å²) in [5.41, 5.74) is 2.63. The Balaban J connectivity index is 1.98. The van der Waals surface area contributed by atoms with E-state index in [2.05, 4.69) is 5.32 Å². The van der Waals surface area contributed by atoms with Crippen LogP contribution in [0.25, 0.3) is 0 Å². The number of carboxylic acids is 1. The number of aryl methyl sites for hydroxylation is 1. The van der Waals surface area contributed by atoms with Crippen LogP contribution in [0.5, 0.6) is 0 Å². The van der Waals surface area contributed by atoms with Crippen LogP contribution < -0.4 is 5.32 Å². The fourth-order valence-corrected chi connectivity index (χ4v) is 2.70. The van der Waals surface area contributed by atoms with E-state index in [9.17, 15) is 14.7 Å². The van der Waals surface area contributed by atoms with Crippen molar-refractivity contribution < 1.29 is 14.7 Å². The fraction of sp³-hybridized carbons (Fsp3) is 0.250. The third-order valence-corrected chi connectivity index (χ3v) is 4.05. The number of aliphatic carboxylic acids is 1. The number of benzene rings is 1. The number of nitrogens with one attached hydrogen (secondary N) is 1. The first kappa shape index (κ1) is 15.3. The molecular weight excluding hydrogens is 286 g/mol. The molecule has 0 bridgehead atoms. The van der Waals surface area contributed by atoms with Gasteiger partial charge in [-0.1, -0.05) is 24.3 Å². The molecule has 0 aliphatic carbocycles. The molecule has 5 heteroatoms. The molecule has 0 spiro atoms. The first-order chi connectivity index (χ1) is 10.1. The highest BCUT2D eigenvalue weighted by Crippen LogP contribution is 2.14.